The molecule has 44 heavy (non-hydrogen) atoms. The lowest BCUT2D eigenvalue weighted by molar-refractivity contribution is -0.108. The van der Waals surface area contributed by atoms with Gasteiger partial charge >= 0.3 is 17.9 Å². The topological polar surface area (TPSA) is 132 Å². The molecule has 1 saturated heterocycles. The van der Waals surface area contributed by atoms with Crippen LogP contribution >= 0.6 is 11.6 Å². The van der Waals surface area contributed by atoms with Crippen molar-refractivity contribution in [3.63, 3.8) is 0 Å². The highest BCUT2D eigenvalue weighted by molar-refractivity contribution is 6.33. The van der Waals surface area contributed by atoms with Crippen LogP contribution in [0.15, 0.2) is 104 Å². The van der Waals surface area contributed by atoms with E-state index in [2.05, 4.69) is 15.0 Å². The van der Waals surface area contributed by atoms with E-state index in [1.54, 1.807) is 97.9 Å². The summed E-state index contributed by atoms with van der Waals surface area (Å²) in [6.45, 7) is 1.24. The molecule has 3 aromatic carbocycles. The predicted molar refractivity (Wildman–Crippen MR) is 157 cm³/mol. The number of esters is 3. The van der Waals surface area contributed by atoms with Gasteiger partial charge in [0.15, 0.2) is 28.7 Å². The molecule has 5 aromatic rings. The maximum atomic E-state index is 13.5. The Balaban J connectivity index is 1.41. The number of hydrogen-bond acceptors (Lipinski definition) is 10. The van der Waals surface area contributed by atoms with Gasteiger partial charge in [-0.3, -0.25) is 4.57 Å². The molecular weight excluding hydrogens is 588 g/mol. The summed E-state index contributed by atoms with van der Waals surface area (Å²) in [4.78, 5) is 52.4. The van der Waals surface area contributed by atoms with Gasteiger partial charge in [0, 0.05) is 0 Å². The Hall–Kier alpha value is -5.13. The van der Waals surface area contributed by atoms with Crippen molar-refractivity contribution >= 4 is 40.7 Å². The Morgan fingerprint density at radius 2 is 1.39 bits per heavy atom. The lowest BCUT2D eigenvalue weighted by Gasteiger charge is -2.34. The molecule has 1 fully saturated rings. The molecule has 0 radical (unpaired) electrons. The average molecular weight is 613 g/mol. The number of fused-ring (bicyclic) bond motifs is 1. The van der Waals surface area contributed by atoms with E-state index in [4.69, 9.17) is 30.5 Å². The first-order chi connectivity index (χ1) is 21.3. The van der Waals surface area contributed by atoms with Crippen molar-refractivity contribution in [1.29, 1.82) is 0 Å². The van der Waals surface area contributed by atoms with Crippen LogP contribution in [0.25, 0.3) is 11.2 Å². The third kappa shape index (κ3) is 5.62. The molecule has 3 heterocycles. The molecule has 12 heteroatoms. The van der Waals surface area contributed by atoms with Crippen LogP contribution in [0.4, 0.5) is 0 Å². The van der Waals surface area contributed by atoms with Gasteiger partial charge in [0.05, 0.1) is 23.0 Å². The fraction of sp³-hybridized carbons (Fsp3) is 0.188. The van der Waals surface area contributed by atoms with E-state index in [-0.39, 0.29) is 34.1 Å². The summed E-state index contributed by atoms with van der Waals surface area (Å²) in [5.41, 5.74) is -0.268. The van der Waals surface area contributed by atoms with E-state index in [1.807, 2.05) is 0 Å². The quantitative estimate of drug-likeness (QED) is 0.133. The van der Waals surface area contributed by atoms with Gasteiger partial charge in [-0.05, 0) is 43.3 Å². The first-order valence-corrected chi connectivity index (χ1v) is 14.0. The molecule has 222 valence electrons. The number of halogens is 1. The Labute approximate surface area is 256 Å². The van der Waals surface area contributed by atoms with Crippen LogP contribution < -0.4 is 0 Å². The van der Waals surface area contributed by atoms with Crippen LogP contribution in [0.1, 0.15) is 44.2 Å². The van der Waals surface area contributed by atoms with Gasteiger partial charge < -0.3 is 18.9 Å². The molecule has 0 saturated carbocycles. The zero-order valence-corrected chi connectivity index (χ0v) is 24.0. The lowest BCUT2D eigenvalue weighted by atomic mass is 9.95. The van der Waals surface area contributed by atoms with Gasteiger partial charge in [-0.1, -0.05) is 66.2 Å². The minimum atomic E-state index is -1.69. The van der Waals surface area contributed by atoms with E-state index in [0.29, 0.717) is 5.56 Å². The van der Waals surface area contributed by atoms with Crippen LogP contribution in [0.5, 0.6) is 0 Å². The first kappa shape index (κ1) is 29.0. The molecule has 0 N–H and O–H groups in total. The Bertz CT molecular complexity index is 1800. The third-order valence-corrected chi connectivity index (χ3v) is 7.49. The van der Waals surface area contributed by atoms with Gasteiger partial charge in [-0.25, -0.2) is 29.3 Å². The molecule has 11 nitrogen and oxygen atoms in total. The highest BCUT2D eigenvalue weighted by Gasteiger charge is 2.60. The minimum absolute atomic E-state index is 0.107. The second-order valence-electron chi connectivity index (χ2n) is 10.1. The maximum Gasteiger partial charge on any atom is 0.338 e. The zero-order valence-electron chi connectivity index (χ0n) is 23.3. The Morgan fingerprint density at radius 1 is 0.818 bits per heavy atom. The average Bonchev–Trinajstić information content (AvgIpc) is 3.60. The molecule has 6 rings (SSSR count). The number of ether oxygens (including phenoxy) is 4. The van der Waals surface area contributed by atoms with Crippen LogP contribution in [0, 0.1) is 0 Å². The number of aromatic nitrogens is 4. The van der Waals surface area contributed by atoms with Crippen molar-refractivity contribution < 1.29 is 33.3 Å². The summed E-state index contributed by atoms with van der Waals surface area (Å²) in [6.07, 6.45) is -0.814. The summed E-state index contributed by atoms with van der Waals surface area (Å²) in [7, 11) is 0. The summed E-state index contributed by atoms with van der Waals surface area (Å²) in [5.74, 6) is -2.00. The van der Waals surface area contributed by atoms with Gasteiger partial charge in [0.2, 0.25) is 0 Å². The molecule has 1 aliphatic heterocycles. The minimum Gasteiger partial charge on any atom is -0.459 e. The van der Waals surface area contributed by atoms with Gasteiger partial charge in [0.25, 0.3) is 0 Å². The van der Waals surface area contributed by atoms with Crippen LogP contribution in [-0.4, -0.2) is 61.8 Å². The van der Waals surface area contributed by atoms with E-state index < -0.39 is 41.9 Å². The second-order valence-corrected chi connectivity index (χ2v) is 10.5. The van der Waals surface area contributed by atoms with Crippen LogP contribution in [0.2, 0.25) is 5.15 Å². The van der Waals surface area contributed by atoms with Crippen molar-refractivity contribution in [1.82, 2.24) is 19.5 Å². The summed E-state index contributed by atoms with van der Waals surface area (Å²) >= 11 is 6.27. The molecular formula is C32H25ClN4O7. The van der Waals surface area contributed by atoms with Gasteiger partial charge in [-0.2, -0.15) is 0 Å². The number of nitrogens with zero attached hydrogens (tertiary/aromatic N) is 4. The zero-order chi connectivity index (χ0) is 30.7. The smallest absolute Gasteiger partial charge is 0.338 e. The Morgan fingerprint density at radius 3 is 2.00 bits per heavy atom. The van der Waals surface area contributed by atoms with E-state index >= 15 is 0 Å². The molecule has 0 bridgehead atoms. The van der Waals surface area contributed by atoms with Crippen molar-refractivity contribution in [2.24, 2.45) is 0 Å². The summed E-state index contributed by atoms with van der Waals surface area (Å²) in [5, 5.41) is 0.107. The van der Waals surface area contributed by atoms with Crippen molar-refractivity contribution in [2.45, 2.75) is 31.0 Å². The fourth-order valence-corrected chi connectivity index (χ4v) is 5.23. The number of carbonyl (C=O) groups is 3. The summed E-state index contributed by atoms with van der Waals surface area (Å²) in [6, 6.07) is 25.1. The molecule has 4 atom stereocenters. The normalized spacial score (nSPS) is 21.1. The van der Waals surface area contributed by atoms with Crippen molar-refractivity contribution in [3.05, 3.63) is 125 Å². The van der Waals surface area contributed by atoms with E-state index in [1.165, 1.54) is 17.2 Å². The van der Waals surface area contributed by atoms with Crippen molar-refractivity contribution in [2.75, 3.05) is 6.61 Å². The highest BCUT2D eigenvalue weighted by atomic mass is 35.5. The lowest BCUT2D eigenvalue weighted by Crippen LogP contribution is -2.50. The van der Waals surface area contributed by atoms with Crippen LogP contribution in [0.3, 0.4) is 0 Å². The third-order valence-electron chi connectivity index (χ3n) is 7.22. The molecule has 0 aliphatic carbocycles. The molecule has 1 unspecified atom stereocenters. The van der Waals surface area contributed by atoms with E-state index in [0.717, 1.165) is 0 Å². The van der Waals surface area contributed by atoms with Crippen LogP contribution in [-0.2, 0) is 18.9 Å². The number of rotatable bonds is 8. The summed E-state index contributed by atoms with van der Waals surface area (Å²) < 4.78 is 25.8. The number of hydrogen-bond donors (Lipinski definition) is 0. The van der Waals surface area contributed by atoms with Gasteiger partial charge in [-0.15, -0.1) is 0 Å². The monoisotopic (exact) mass is 612 g/mol. The standard InChI is InChI=1S/C32H25ClN4O7/c1-32(44-30(40)22-15-9-4-10-16-22)25(43-29(39)21-13-7-3-8-14-21)23(17-41-28(38)20-11-5-2-6-12-20)42-31(32)37-19-36-24-26(33)34-18-35-27(24)37/h2-16,18-19,23,25,31H,17H2,1H3/t23-,25?,31-,32+/m1/s1. The van der Waals surface area contributed by atoms with Gasteiger partial charge in [0.1, 0.15) is 24.6 Å². The number of imidazole rings is 1. The SMILES string of the molecule is C[C@]1(OC(=O)c2ccccc2)C(OC(=O)c2ccccc2)[C@@H](COC(=O)c2ccccc2)O[C@H]1n1cnc2c(Cl)ncnc21. The van der Waals surface area contributed by atoms with Crippen molar-refractivity contribution in [3.8, 4) is 0 Å². The number of carbonyl (C=O) groups excluding carboxylic acids is 3. The fourth-order valence-electron chi connectivity index (χ4n) is 5.05. The largest absolute Gasteiger partial charge is 0.459 e. The molecule has 0 spiro atoms. The highest BCUT2D eigenvalue weighted by Crippen LogP contribution is 2.45. The second kappa shape index (κ2) is 12.2. The number of benzene rings is 3. The molecule has 2 aromatic heterocycles. The first-order valence-electron chi connectivity index (χ1n) is 13.6. The predicted octanol–water partition coefficient (Wildman–Crippen LogP) is 5.08. The molecule has 0 amide bonds. The maximum absolute atomic E-state index is 13.5. The Kier molecular flexibility index (Phi) is 8.05. The van der Waals surface area contributed by atoms with E-state index in [9.17, 15) is 14.4 Å². The molecule has 1 aliphatic rings.